The minimum atomic E-state index is -2.40. The van der Waals surface area contributed by atoms with Gasteiger partial charge in [-0.3, -0.25) is 0 Å². The molecule has 5 atom stereocenters. The zero-order valence-electron chi connectivity index (χ0n) is 11.1. The largest absolute Gasteiger partial charge is 0.456 e. The van der Waals surface area contributed by atoms with Crippen LogP contribution in [0.3, 0.4) is 0 Å². The zero-order valence-corrected chi connectivity index (χ0v) is 11.1. The van der Waals surface area contributed by atoms with Crippen molar-refractivity contribution in [3.8, 4) is 5.75 Å². The molecule has 0 aliphatic carbocycles. The maximum Gasteiger partial charge on any atom is 0.229 e. The number of aliphatic hydroxyl groups is 4. The van der Waals surface area contributed by atoms with Gasteiger partial charge in [-0.15, -0.1) is 0 Å². The Labute approximate surface area is 125 Å². The molecule has 0 radical (unpaired) electrons. The predicted molar refractivity (Wildman–Crippen MR) is 60.6 cm³/mol. The molecule has 1 aliphatic heterocycles. The van der Waals surface area contributed by atoms with Crippen LogP contribution < -0.4 is 4.74 Å². The highest BCUT2D eigenvalue weighted by Gasteiger charge is 2.45. The third kappa shape index (κ3) is 2.97. The fraction of sp³-hybridized carbons (Fsp3) is 0.500. The minimum absolute atomic E-state index is 0.873. The number of halogens is 5. The Balaban J connectivity index is 2.35. The van der Waals surface area contributed by atoms with Crippen LogP contribution in [0.25, 0.3) is 0 Å². The lowest BCUT2D eigenvalue weighted by Crippen LogP contribution is -2.60. The third-order valence-corrected chi connectivity index (χ3v) is 3.25. The van der Waals surface area contributed by atoms with Gasteiger partial charge in [-0.25, -0.2) is 13.2 Å². The Hall–Kier alpha value is -1.53. The number of hydrogen-bond acceptors (Lipinski definition) is 6. The Kier molecular flexibility index (Phi) is 5.06. The van der Waals surface area contributed by atoms with Crippen LogP contribution in [-0.2, 0) is 4.74 Å². The summed E-state index contributed by atoms with van der Waals surface area (Å²) in [6.07, 6.45) is -9.40. The summed E-state index contributed by atoms with van der Waals surface area (Å²) in [5.74, 6) is -13.3. The van der Waals surface area contributed by atoms with Crippen LogP contribution in [-0.4, -0.2) is 57.7 Å². The van der Waals surface area contributed by atoms with Crippen molar-refractivity contribution in [1.29, 1.82) is 0 Å². The lowest BCUT2D eigenvalue weighted by molar-refractivity contribution is -0.278. The van der Waals surface area contributed by atoms with E-state index in [0.29, 0.717) is 0 Å². The summed E-state index contributed by atoms with van der Waals surface area (Å²) in [5, 5.41) is 37.5. The molecule has 1 aromatic carbocycles. The highest BCUT2D eigenvalue weighted by Crippen LogP contribution is 2.32. The van der Waals surface area contributed by atoms with Crippen molar-refractivity contribution >= 4 is 0 Å². The van der Waals surface area contributed by atoms with Crippen molar-refractivity contribution in [2.75, 3.05) is 6.61 Å². The average molecular weight is 346 g/mol. The van der Waals surface area contributed by atoms with Gasteiger partial charge >= 0.3 is 0 Å². The van der Waals surface area contributed by atoms with Gasteiger partial charge in [0.15, 0.2) is 0 Å². The third-order valence-electron chi connectivity index (χ3n) is 3.25. The van der Waals surface area contributed by atoms with E-state index in [1.54, 1.807) is 0 Å². The Bertz CT molecular complexity index is 569. The molecule has 1 heterocycles. The zero-order chi connectivity index (χ0) is 17.5. The van der Waals surface area contributed by atoms with Gasteiger partial charge in [-0.1, -0.05) is 0 Å². The van der Waals surface area contributed by atoms with Gasteiger partial charge in [0.2, 0.25) is 41.1 Å². The quantitative estimate of drug-likeness (QED) is 0.337. The van der Waals surface area contributed by atoms with E-state index in [2.05, 4.69) is 4.74 Å². The summed E-state index contributed by atoms with van der Waals surface area (Å²) in [6, 6.07) is 0. The summed E-state index contributed by atoms with van der Waals surface area (Å²) in [6.45, 7) is -0.873. The summed E-state index contributed by atoms with van der Waals surface area (Å²) >= 11 is 0. The van der Waals surface area contributed by atoms with Crippen molar-refractivity contribution in [2.45, 2.75) is 30.7 Å². The number of hydrogen-bond donors (Lipinski definition) is 4. The lowest BCUT2D eigenvalue weighted by Gasteiger charge is -2.39. The van der Waals surface area contributed by atoms with Crippen molar-refractivity contribution in [3.63, 3.8) is 0 Å². The summed E-state index contributed by atoms with van der Waals surface area (Å²) in [5.41, 5.74) is 0. The Morgan fingerprint density at radius 3 is 1.74 bits per heavy atom. The van der Waals surface area contributed by atoms with E-state index >= 15 is 0 Å². The molecule has 0 unspecified atom stereocenters. The fourth-order valence-corrected chi connectivity index (χ4v) is 1.97. The molecule has 6 nitrogen and oxygen atoms in total. The second-order valence-corrected chi connectivity index (χ2v) is 4.71. The molecule has 2 rings (SSSR count). The maximum atomic E-state index is 13.5. The van der Waals surface area contributed by atoms with Gasteiger partial charge in [0.1, 0.15) is 24.4 Å². The second-order valence-electron chi connectivity index (χ2n) is 4.71. The number of ether oxygens (including phenoxy) is 2. The summed E-state index contributed by atoms with van der Waals surface area (Å²) in [7, 11) is 0. The Morgan fingerprint density at radius 1 is 0.783 bits per heavy atom. The fourth-order valence-electron chi connectivity index (χ4n) is 1.97. The normalized spacial score (nSPS) is 31.3. The molecule has 11 heteroatoms. The van der Waals surface area contributed by atoms with E-state index in [1.807, 2.05) is 0 Å². The van der Waals surface area contributed by atoms with Gasteiger partial charge < -0.3 is 29.9 Å². The van der Waals surface area contributed by atoms with E-state index in [1.165, 1.54) is 0 Å². The van der Waals surface area contributed by atoms with Crippen LogP contribution >= 0.6 is 0 Å². The molecule has 1 fully saturated rings. The molecule has 4 N–H and O–H groups in total. The number of benzene rings is 1. The maximum absolute atomic E-state index is 13.5. The van der Waals surface area contributed by atoms with Crippen molar-refractivity contribution in [2.24, 2.45) is 0 Å². The van der Waals surface area contributed by atoms with Crippen LogP contribution in [0.1, 0.15) is 0 Å². The first kappa shape index (κ1) is 17.8. The molecule has 1 aromatic rings. The van der Waals surface area contributed by atoms with Gasteiger partial charge in [0.25, 0.3) is 0 Å². The smallest absolute Gasteiger partial charge is 0.229 e. The predicted octanol–water partition coefficient (Wildman–Crippen LogP) is -0.439. The second kappa shape index (κ2) is 6.53. The van der Waals surface area contributed by atoms with E-state index in [9.17, 15) is 37.3 Å². The molecule has 1 aliphatic rings. The van der Waals surface area contributed by atoms with Crippen LogP contribution in [0.2, 0.25) is 0 Å². The van der Waals surface area contributed by atoms with Crippen LogP contribution in [0.4, 0.5) is 22.0 Å². The van der Waals surface area contributed by atoms with Gasteiger partial charge in [0, 0.05) is 0 Å². The molecule has 130 valence electrons. The summed E-state index contributed by atoms with van der Waals surface area (Å²) in [4.78, 5) is 0. The highest BCUT2D eigenvalue weighted by atomic mass is 19.2. The van der Waals surface area contributed by atoms with Gasteiger partial charge in [-0.2, -0.15) is 8.78 Å². The SMILES string of the molecule is OC[C@H]1O[C@@H](Oc2c(F)c(F)c(F)c(F)c2F)[C@@H](O)[C@@H](O)[C@@H]1O. The van der Waals surface area contributed by atoms with E-state index in [-0.39, 0.29) is 0 Å². The van der Waals surface area contributed by atoms with Crippen LogP contribution in [0.5, 0.6) is 5.75 Å². The first-order valence-electron chi connectivity index (χ1n) is 6.19. The van der Waals surface area contributed by atoms with E-state index in [4.69, 9.17) is 9.84 Å². The molecule has 23 heavy (non-hydrogen) atoms. The standard InChI is InChI=1S/C12H11F5O6/c13-3-4(14)6(16)11(7(17)5(3)15)23-12-10(21)9(20)8(19)2(1-18)22-12/h2,8-10,12,18-21H,1H2/t2-,8-,9+,10+,12+/m1/s1. The summed E-state index contributed by atoms with van der Waals surface area (Å²) < 4.78 is 75.2. The molecular weight excluding hydrogens is 335 g/mol. The highest BCUT2D eigenvalue weighted by molar-refractivity contribution is 5.30. The number of rotatable bonds is 3. The molecule has 0 aromatic heterocycles. The molecule has 0 saturated carbocycles. The number of aliphatic hydroxyl groups excluding tert-OH is 4. The van der Waals surface area contributed by atoms with Crippen molar-refractivity contribution in [3.05, 3.63) is 29.1 Å². The Morgan fingerprint density at radius 2 is 1.26 bits per heavy atom. The first-order valence-corrected chi connectivity index (χ1v) is 6.19. The lowest BCUT2D eigenvalue weighted by atomic mass is 9.99. The van der Waals surface area contributed by atoms with Crippen LogP contribution in [0, 0.1) is 29.1 Å². The van der Waals surface area contributed by atoms with Gasteiger partial charge in [-0.05, 0) is 0 Å². The first-order chi connectivity index (χ1) is 10.7. The van der Waals surface area contributed by atoms with Crippen molar-refractivity contribution in [1.82, 2.24) is 0 Å². The topological polar surface area (TPSA) is 99.4 Å². The molecule has 0 bridgehead atoms. The van der Waals surface area contributed by atoms with Gasteiger partial charge in [0.05, 0.1) is 6.61 Å². The minimum Gasteiger partial charge on any atom is -0.456 e. The molecular formula is C12H11F5O6. The van der Waals surface area contributed by atoms with Crippen molar-refractivity contribution < 1.29 is 51.9 Å². The molecule has 1 saturated heterocycles. The average Bonchev–Trinajstić information content (AvgIpc) is 2.54. The molecule has 0 amide bonds. The van der Waals surface area contributed by atoms with E-state index in [0.717, 1.165) is 0 Å². The monoisotopic (exact) mass is 346 g/mol. The van der Waals surface area contributed by atoms with E-state index < -0.39 is 72.1 Å². The molecule has 0 spiro atoms. The van der Waals surface area contributed by atoms with Crippen LogP contribution in [0.15, 0.2) is 0 Å².